The molecule has 0 aliphatic carbocycles. The van der Waals surface area contributed by atoms with Crippen molar-refractivity contribution in [1.29, 1.82) is 10.5 Å². The van der Waals surface area contributed by atoms with Gasteiger partial charge in [0.2, 0.25) is 0 Å². The fourth-order valence-corrected chi connectivity index (χ4v) is 1.95. The summed E-state index contributed by atoms with van der Waals surface area (Å²) in [5, 5.41) is 21.5. The van der Waals surface area contributed by atoms with Gasteiger partial charge in [-0.1, -0.05) is 6.92 Å². The zero-order valence-electron chi connectivity index (χ0n) is 11.8. The minimum absolute atomic E-state index is 0.218. The van der Waals surface area contributed by atoms with Gasteiger partial charge in [-0.05, 0) is 6.42 Å². The number of hydrogen-bond acceptors (Lipinski definition) is 5. The molecule has 1 aromatic rings. The second-order valence-electron chi connectivity index (χ2n) is 4.29. The second-order valence-corrected chi connectivity index (χ2v) is 4.29. The van der Waals surface area contributed by atoms with Gasteiger partial charge in [-0.2, -0.15) is 15.6 Å². The second kappa shape index (κ2) is 7.15. The smallest absolute Gasteiger partial charge is 0.274 e. The quantitative estimate of drug-likeness (QED) is 0.825. The van der Waals surface area contributed by atoms with Gasteiger partial charge in [0.1, 0.15) is 5.69 Å². The normalized spacial score (nSPS) is 9.80. The molecule has 1 rings (SSSR count). The molecule has 0 bridgehead atoms. The van der Waals surface area contributed by atoms with Crippen LogP contribution in [0.15, 0.2) is 0 Å². The van der Waals surface area contributed by atoms with E-state index in [4.69, 9.17) is 16.3 Å². The van der Waals surface area contributed by atoms with Crippen LogP contribution in [0.4, 0.5) is 5.69 Å². The van der Waals surface area contributed by atoms with Crippen LogP contribution in [-0.2, 0) is 13.5 Å². The molecule has 2 N–H and O–H groups in total. The highest BCUT2D eigenvalue weighted by molar-refractivity contribution is 5.98. The number of rotatable bonds is 6. The summed E-state index contributed by atoms with van der Waals surface area (Å²) in [6.07, 6.45) is 1.08. The highest BCUT2D eigenvalue weighted by Crippen LogP contribution is 2.19. The Labute approximate surface area is 118 Å². The first-order valence-electron chi connectivity index (χ1n) is 6.41. The van der Waals surface area contributed by atoms with Crippen molar-refractivity contribution in [2.75, 3.05) is 18.8 Å². The molecule has 0 saturated carbocycles. The third kappa shape index (κ3) is 3.27. The lowest BCUT2D eigenvalue weighted by molar-refractivity contribution is 0.0752. The molecule has 0 aromatic carbocycles. The molecule has 0 atom stereocenters. The average Bonchev–Trinajstić information content (AvgIpc) is 2.73. The van der Waals surface area contributed by atoms with E-state index in [1.807, 2.05) is 19.1 Å². The Morgan fingerprint density at radius 2 is 1.90 bits per heavy atom. The molecule has 0 radical (unpaired) electrons. The van der Waals surface area contributed by atoms with Gasteiger partial charge in [0.15, 0.2) is 0 Å². The number of anilines is 1. The molecule has 106 valence electrons. The van der Waals surface area contributed by atoms with E-state index in [1.54, 1.807) is 7.05 Å². The van der Waals surface area contributed by atoms with E-state index >= 15 is 0 Å². The number of aromatic nitrogens is 2. The summed E-state index contributed by atoms with van der Waals surface area (Å²) in [4.78, 5) is 14.0. The molecule has 0 saturated heterocycles. The largest absolute Gasteiger partial charge is 0.395 e. The molecule has 0 aliphatic heterocycles. The van der Waals surface area contributed by atoms with Crippen LogP contribution < -0.4 is 5.73 Å². The topological polar surface area (TPSA) is 112 Å². The van der Waals surface area contributed by atoms with E-state index in [0.29, 0.717) is 23.5 Å². The van der Waals surface area contributed by atoms with Crippen LogP contribution >= 0.6 is 0 Å². The summed E-state index contributed by atoms with van der Waals surface area (Å²) in [6.45, 7) is 2.47. The van der Waals surface area contributed by atoms with Crippen molar-refractivity contribution in [3.63, 3.8) is 0 Å². The number of hydrogen-bond donors (Lipinski definition) is 1. The van der Waals surface area contributed by atoms with Gasteiger partial charge in [0.05, 0.1) is 36.4 Å². The fraction of sp³-hybridized carbons (Fsp3) is 0.538. The molecule has 0 fully saturated rings. The van der Waals surface area contributed by atoms with Crippen LogP contribution in [0.2, 0.25) is 0 Å². The molecule has 7 nitrogen and oxygen atoms in total. The zero-order valence-corrected chi connectivity index (χ0v) is 11.8. The van der Waals surface area contributed by atoms with E-state index < -0.39 is 0 Å². The molecule has 1 amide bonds. The number of nitrogen functional groups attached to an aromatic ring is 1. The molecular formula is C13H18N6O. The van der Waals surface area contributed by atoms with Gasteiger partial charge in [-0.15, -0.1) is 0 Å². The molecule has 0 aliphatic rings. The number of nitrogens with zero attached hydrogens (tertiary/aromatic N) is 5. The zero-order chi connectivity index (χ0) is 15.1. The minimum Gasteiger partial charge on any atom is -0.395 e. The molecular weight excluding hydrogens is 256 g/mol. The summed E-state index contributed by atoms with van der Waals surface area (Å²) in [7, 11) is 1.66. The molecule has 20 heavy (non-hydrogen) atoms. The predicted molar refractivity (Wildman–Crippen MR) is 73.4 cm³/mol. The summed E-state index contributed by atoms with van der Waals surface area (Å²) in [6, 6.07) is 3.99. The maximum Gasteiger partial charge on any atom is 0.274 e. The standard InChI is InChI=1S/C13H18N6O/c1-3-10-11(16)12(18(2)17-10)13(20)19(8-4-6-14)9-5-7-15/h3-5,8-9,16H2,1-2H3. The summed E-state index contributed by atoms with van der Waals surface area (Å²) in [5.41, 5.74) is 7.32. The number of amides is 1. The van der Waals surface area contributed by atoms with E-state index in [1.165, 1.54) is 9.58 Å². The number of aryl methyl sites for hydroxylation is 2. The van der Waals surface area contributed by atoms with Crippen molar-refractivity contribution in [1.82, 2.24) is 14.7 Å². The maximum absolute atomic E-state index is 12.5. The summed E-state index contributed by atoms with van der Waals surface area (Å²) < 4.78 is 1.46. The monoisotopic (exact) mass is 274 g/mol. The Morgan fingerprint density at radius 1 is 1.35 bits per heavy atom. The Kier molecular flexibility index (Phi) is 5.55. The van der Waals surface area contributed by atoms with E-state index in [2.05, 4.69) is 5.10 Å². The van der Waals surface area contributed by atoms with E-state index in [-0.39, 0.29) is 31.8 Å². The Morgan fingerprint density at radius 3 is 2.30 bits per heavy atom. The first kappa shape index (κ1) is 15.5. The lowest BCUT2D eigenvalue weighted by Gasteiger charge is -2.20. The molecule has 7 heteroatoms. The third-order valence-corrected chi connectivity index (χ3v) is 2.97. The van der Waals surface area contributed by atoms with Crippen LogP contribution in [0.25, 0.3) is 0 Å². The van der Waals surface area contributed by atoms with Crippen LogP contribution in [0.3, 0.4) is 0 Å². The molecule has 1 aromatic heterocycles. The Balaban J connectivity index is 3.03. The van der Waals surface area contributed by atoms with Crippen molar-refractivity contribution in [3.8, 4) is 12.1 Å². The van der Waals surface area contributed by atoms with Crippen molar-refractivity contribution in [2.24, 2.45) is 7.05 Å². The van der Waals surface area contributed by atoms with Crippen LogP contribution in [0, 0.1) is 22.7 Å². The summed E-state index contributed by atoms with van der Waals surface area (Å²) >= 11 is 0. The van der Waals surface area contributed by atoms with Crippen LogP contribution in [0.5, 0.6) is 0 Å². The SMILES string of the molecule is CCc1nn(C)c(C(=O)N(CCC#N)CCC#N)c1N. The number of carbonyl (C=O) groups is 1. The van der Waals surface area contributed by atoms with Gasteiger partial charge >= 0.3 is 0 Å². The van der Waals surface area contributed by atoms with Crippen molar-refractivity contribution < 1.29 is 4.79 Å². The maximum atomic E-state index is 12.5. The Hall–Kier alpha value is -2.54. The Bertz CT molecular complexity index is 545. The van der Waals surface area contributed by atoms with Crippen molar-refractivity contribution >= 4 is 11.6 Å². The van der Waals surface area contributed by atoms with Gasteiger partial charge in [0, 0.05) is 20.1 Å². The summed E-state index contributed by atoms with van der Waals surface area (Å²) in [5.74, 6) is -0.289. The highest BCUT2D eigenvalue weighted by Gasteiger charge is 2.23. The van der Waals surface area contributed by atoms with E-state index in [9.17, 15) is 4.79 Å². The van der Waals surface area contributed by atoms with Gasteiger partial charge in [0.25, 0.3) is 5.91 Å². The highest BCUT2D eigenvalue weighted by atomic mass is 16.2. The van der Waals surface area contributed by atoms with Crippen LogP contribution in [0.1, 0.15) is 35.9 Å². The van der Waals surface area contributed by atoms with E-state index in [0.717, 1.165) is 0 Å². The minimum atomic E-state index is -0.289. The third-order valence-electron chi connectivity index (χ3n) is 2.97. The van der Waals surface area contributed by atoms with Gasteiger partial charge in [-0.3, -0.25) is 9.48 Å². The molecule has 1 heterocycles. The lowest BCUT2D eigenvalue weighted by Crippen LogP contribution is -2.34. The first-order chi connectivity index (χ1) is 9.56. The average molecular weight is 274 g/mol. The first-order valence-corrected chi connectivity index (χ1v) is 6.41. The number of nitriles is 2. The van der Waals surface area contributed by atoms with Crippen LogP contribution in [-0.4, -0.2) is 33.7 Å². The number of carbonyl (C=O) groups excluding carboxylic acids is 1. The molecule has 0 unspecified atom stereocenters. The van der Waals surface area contributed by atoms with Crippen molar-refractivity contribution in [3.05, 3.63) is 11.4 Å². The molecule has 0 spiro atoms. The fourth-order valence-electron chi connectivity index (χ4n) is 1.95. The van der Waals surface area contributed by atoms with Gasteiger partial charge < -0.3 is 10.6 Å². The number of nitrogens with two attached hydrogens (primary N) is 1. The van der Waals surface area contributed by atoms with Gasteiger partial charge in [-0.25, -0.2) is 0 Å². The van der Waals surface area contributed by atoms with Crippen molar-refractivity contribution in [2.45, 2.75) is 26.2 Å². The predicted octanol–water partition coefficient (Wildman–Crippen LogP) is 0.834. The lowest BCUT2D eigenvalue weighted by atomic mass is 10.2.